The van der Waals surface area contributed by atoms with Crippen LogP contribution in [0.3, 0.4) is 0 Å². The molecule has 1 N–H and O–H groups in total. The quantitative estimate of drug-likeness (QED) is 0.921. The van der Waals surface area contributed by atoms with Gasteiger partial charge in [-0.15, -0.1) is 0 Å². The van der Waals surface area contributed by atoms with Gasteiger partial charge in [0, 0.05) is 18.6 Å². The summed E-state index contributed by atoms with van der Waals surface area (Å²) < 4.78 is 14.2. The number of halogens is 2. The third-order valence-corrected chi connectivity index (χ3v) is 3.48. The van der Waals surface area contributed by atoms with Crippen molar-refractivity contribution in [1.82, 2.24) is 0 Å². The maximum absolute atomic E-state index is 13.8. The molecule has 0 radical (unpaired) electrons. The first-order valence-corrected chi connectivity index (χ1v) is 6.81. The summed E-state index contributed by atoms with van der Waals surface area (Å²) in [5, 5.41) is 2.74. The fourth-order valence-corrected chi connectivity index (χ4v) is 2.39. The Morgan fingerprint density at radius 1 is 1.15 bits per heavy atom. The average Bonchev–Trinajstić information content (AvgIpc) is 2.38. The summed E-state index contributed by atoms with van der Waals surface area (Å²) >= 11 is 3.20. The lowest BCUT2D eigenvalue weighted by molar-refractivity contribution is 0.102. The van der Waals surface area contributed by atoms with E-state index in [9.17, 15) is 9.18 Å². The maximum Gasteiger partial charge on any atom is 0.259 e. The van der Waals surface area contributed by atoms with Crippen molar-refractivity contribution in [3.05, 3.63) is 58.3 Å². The molecule has 3 nitrogen and oxygen atoms in total. The standard InChI is InChI=1S/C15H14BrFN2O/c1-19(2)13-9-4-3-8-12(13)18-15(20)14-10(16)6-5-7-11(14)17/h3-9H,1-2H3,(H,18,20). The Bertz CT molecular complexity index is 623. The summed E-state index contributed by atoms with van der Waals surface area (Å²) in [7, 11) is 3.76. The molecule has 1 amide bonds. The largest absolute Gasteiger partial charge is 0.376 e. The summed E-state index contributed by atoms with van der Waals surface area (Å²) in [5.74, 6) is -1.04. The molecule has 20 heavy (non-hydrogen) atoms. The molecule has 0 spiro atoms. The second-order valence-corrected chi connectivity index (χ2v) is 5.32. The molecule has 5 heteroatoms. The number of nitrogens with zero attached hydrogens (tertiary/aromatic N) is 1. The van der Waals surface area contributed by atoms with Crippen LogP contribution in [-0.2, 0) is 0 Å². The molecular formula is C15H14BrFN2O. The number of carbonyl (C=O) groups is 1. The molecule has 0 saturated carbocycles. The first-order chi connectivity index (χ1) is 9.50. The first kappa shape index (κ1) is 14.5. The summed E-state index contributed by atoms with van der Waals surface area (Å²) in [6.45, 7) is 0. The van der Waals surface area contributed by atoms with Crippen molar-refractivity contribution in [1.29, 1.82) is 0 Å². The van der Waals surface area contributed by atoms with Gasteiger partial charge in [0.25, 0.3) is 5.91 Å². The number of benzene rings is 2. The van der Waals surface area contributed by atoms with E-state index in [1.807, 2.05) is 37.2 Å². The number of hydrogen-bond acceptors (Lipinski definition) is 2. The van der Waals surface area contributed by atoms with Crippen molar-refractivity contribution in [3.63, 3.8) is 0 Å². The van der Waals surface area contributed by atoms with Crippen LogP contribution < -0.4 is 10.2 Å². The highest BCUT2D eigenvalue weighted by Gasteiger charge is 2.16. The molecule has 0 bridgehead atoms. The molecule has 0 saturated heterocycles. The lowest BCUT2D eigenvalue weighted by Gasteiger charge is -2.18. The third kappa shape index (κ3) is 2.99. The number of hydrogen-bond donors (Lipinski definition) is 1. The van der Waals surface area contributed by atoms with E-state index in [-0.39, 0.29) is 5.56 Å². The summed E-state index contributed by atoms with van der Waals surface area (Å²) in [6.07, 6.45) is 0. The van der Waals surface area contributed by atoms with Gasteiger partial charge in [0.05, 0.1) is 16.9 Å². The van der Waals surface area contributed by atoms with Crippen LogP contribution in [0.15, 0.2) is 46.9 Å². The Balaban J connectivity index is 2.33. The van der Waals surface area contributed by atoms with E-state index in [1.54, 1.807) is 18.2 Å². The van der Waals surface area contributed by atoms with E-state index in [2.05, 4.69) is 21.2 Å². The molecule has 0 heterocycles. The number of carbonyl (C=O) groups excluding carboxylic acids is 1. The lowest BCUT2D eigenvalue weighted by Crippen LogP contribution is -2.18. The zero-order valence-electron chi connectivity index (χ0n) is 11.2. The molecule has 2 aromatic rings. The molecule has 104 valence electrons. The van der Waals surface area contributed by atoms with Crippen molar-refractivity contribution in [2.45, 2.75) is 0 Å². The Kier molecular flexibility index (Phi) is 4.39. The van der Waals surface area contributed by atoms with Crippen LogP contribution in [0.1, 0.15) is 10.4 Å². The molecule has 0 aromatic heterocycles. The van der Waals surface area contributed by atoms with E-state index in [0.717, 1.165) is 5.69 Å². The second kappa shape index (κ2) is 6.05. The smallest absolute Gasteiger partial charge is 0.259 e. The summed E-state index contributed by atoms with van der Waals surface area (Å²) in [5.41, 5.74) is 1.49. The van der Waals surface area contributed by atoms with Gasteiger partial charge in [-0.2, -0.15) is 0 Å². The van der Waals surface area contributed by atoms with Gasteiger partial charge < -0.3 is 10.2 Å². The van der Waals surface area contributed by atoms with Gasteiger partial charge in [0.15, 0.2) is 0 Å². The molecule has 0 fully saturated rings. The topological polar surface area (TPSA) is 32.3 Å². The predicted octanol–water partition coefficient (Wildman–Crippen LogP) is 3.91. The van der Waals surface area contributed by atoms with Crippen molar-refractivity contribution in [3.8, 4) is 0 Å². The van der Waals surface area contributed by atoms with Crippen molar-refractivity contribution in [2.75, 3.05) is 24.3 Å². The molecule has 0 atom stereocenters. The monoisotopic (exact) mass is 336 g/mol. The van der Waals surface area contributed by atoms with Crippen molar-refractivity contribution >= 4 is 33.2 Å². The van der Waals surface area contributed by atoms with Gasteiger partial charge in [-0.3, -0.25) is 4.79 Å². The van der Waals surface area contributed by atoms with Crippen LogP contribution in [0.2, 0.25) is 0 Å². The summed E-state index contributed by atoms with van der Waals surface area (Å²) in [6, 6.07) is 11.8. The van der Waals surface area contributed by atoms with E-state index in [0.29, 0.717) is 10.2 Å². The van der Waals surface area contributed by atoms with Gasteiger partial charge in [0.1, 0.15) is 5.82 Å². The maximum atomic E-state index is 13.8. The van der Waals surface area contributed by atoms with Crippen LogP contribution in [0.5, 0.6) is 0 Å². The van der Waals surface area contributed by atoms with Crippen molar-refractivity contribution in [2.24, 2.45) is 0 Å². The zero-order chi connectivity index (χ0) is 14.7. The third-order valence-electron chi connectivity index (χ3n) is 2.82. The van der Waals surface area contributed by atoms with E-state index < -0.39 is 11.7 Å². The van der Waals surface area contributed by atoms with E-state index >= 15 is 0 Å². The minimum Gasteiger partial charge on any atom is -0.376 e. The summed E-state index contributed by atoms with van der Waals surface area (Å²) in [4.78, 5) is 14.1. The van der Waals surface area contributed by atoms with E-state index in [1.165, 1.54) is 6.07 Å². The van der Waals surface area contributed by atoms with Crippen LogP contribution in [-0.4, -0.2) is 20.0 Å². The van der Waals surface area contributed by atoms with Crippen LogP contribution in [0.4, 0.5) is 15.8 Å². The Morgan fingerprint density at radius 2 is 1.85 bits per heavy atom. The number of amides is 1. The van der Waals surface area contributed by atoms with Crippen LogP contribution in [0.25, 0.3) is 0 Å². The SMILES string of the molecule is CN(C)c1ccccc1NC(=O)c1c(F)cccc1Br. The highest BCUT2D eigenvalue weighted by atomic mass is 79.9. The Hall–Kier alpha value is -1.88. The highest BCUT2D eigenvalue weighted by molar-refractivity contribution is 9.10. The highest BCUT2D eigenvalue weighted by Crippen LogP contribution is 2.26. The first-order valence-electron chi connectivity index (χ1n) is 6.02. The molecule has 2 rings (SSSR count). The number of para-hydroxylation sites is 2. The minimum atomic E-state index is -0.556. The normalized spacial score (nSPS) is 10.2. The number of anilines is 2. The average molecular weight is 337 g/mol. The van der Waals surface area contributed by atoms with E-state index in [4.69, 9.17) is 0 Å². The Labute approximate surface area is 125 Å². The molecule has 0 unspecified atom stereocenters. The zero-order valence-corrected chi connectivity index (χ0v) is 12.7. The minimum absolute atomic E-state index is 0.000981. The predicted molar refractivity (Wildman–Crippen MR) is 82.8 cm³/mol. The molecule has 2 aromatic carbocycles. The molecule has 0 aliphatic heterocycles. The number of nitrogens with one attached hydrogen (secondary N) is 1. The van der Waals surface area contributed by atoms with Gasteiger partial charge in [-0.25, -0.2) is 4.39 Å². The van der Waals surface area contributed by atoms with Crippen LogP contribution >= 0.6 is 15.9 Å². The van der Waals surface area contributed by atoms with Crippen molar-refractivity contribution < 1.29 is 9.18 Å². The molecule has 0 aliphatic rings. The lowest BCUT2D eigenvalue weighted by atomic mass is 10.2. The second-order valence-electron chi connectivity index (χ2n) is 4.46. The Morgan fingerprint density at radius 3 is 2.50 bits per heavy atom. The molecular weight excluding hydrogens is 323 g/mol. The van der Waals surface area contributed by atoms with Gasteiger partial charge in [0.2, 0.25) is 0 Å². The van der Waals surface area contributed by atoms with Crippen LogP contribution in [0, 0.1) is 5.82 Å². The molecule has 0 aliphatic carbocycles. The van der Waals surface area contributed by atoms with Gasteiger partial charge >= 0.3 is 0 Å². The van der Waals surface area contributed by atoms with Gasteiger partial charge in [-0.05, 0) is 40.2 Å². The fourth-order valence-electron chi connectivity index (χ4n) is 1.87. The van der Waals surface area contributed by atoms with Gasteiger partial charge in [-0.1, -0.05) is 18.2 Å². The fraction of sp³-hybridized carbons (Fsp3) is 0.133. The number of rotatable bonds is 3.